The lowest BCUT2D eigenvalue weighted by Gasteiger charge is -2.19. The van der Waals surface area contributed by atoms with Crippen LogP contribution in [0.1, 0.15) is 12.7 Å². The Bertz CT molecular complexity index is 512. The summed E-state index contributed by atoms with van der Waals surface area (Å²) in [5, 5.41) is 0.0546. The van der Waals surface area contributed by atoms with Crippen LogP contribution in [0.2, 0.25) is 0 Å². The number of aryl methyl sites for hydroxylation is 2. The van der Waals surface area contributed by atoms with Crippen LogP contribution in [0.15, 0.2) is 11.2 Å². The number of aromatic nitrogens is 2. The van der Waals surface area contributed by atoms with E-state index in [1.807, 2.05) is 6.92 Å². The summed E-state index contributed by atoms with van der Waals surface area (Å²) in [6.45, 7) is 4.89. The van der Waals surface area contributed by atoms with Crippen molar-refractivity contribution < 1.29 is 13.2 Å². The Hall–Kier alpha value is -0.960. The number of nitrogens with two attached hydrogens (primary N) is 1. The van der Waals surface area contributed by atoms with E-state index in [0.29, 0.717) is 19.0 Å². The first kappa shape index (κ1) is 16.1. The van der Waals surface area contributed by atoms with Crippen molar-refractivity contribution >= 4 is 10.0 Å². The van der Waals surface area contributed by atoms with Crippen molar-refractivity contribution in [1.29, 1.82) is 0 Å². The Morgan fingerprint density at radius 1 is 1.58 bits per heavy atom. The fraction of sp³-hybridized carbons (Fsp3) is 0.727. The number of nitrogens with zero attached hydrogens (tertiary/aromatic N) is 3. The summed E-state index contributed by atoms with van der Waals surface area (Å²) in [5.74, 6) is 0.677. The minimum absolute atomic E-state index is 0.0546. The van der Waals surface area contributed by atoms with Crippen LogP contribution >= 0.6 is 0 Å². The van der Waals surface area contributed by atoms with Crippen LogP contribution in [0.25, 0.3) is 0 Å². The van der Waals surface area contributed by atoms with E-state index in [1.54, 1.807) is 17.7 Å². The Labute approximate surface area is 114 Å². The van der Waals surface area contributed by atoms with Crippen LogP contribution in [0.4, 0.5) is 0 Å². The van der Waals surface area contributed by atoms with Gasteiger partial charge in [0.2, 0.25) is 0 Å². The lowest BCUT2D eigenvalue weighted by atomic mass is 10.3. The topological polar surface area (TPSA) is 90.5 Å². The van der Waals surface area contributed by atoms with Gasteiger partial charge in [0, 0.05) is 39.5 Å². The molecule has 1 unspecified atom stereocenters. The van der Waals surface area contributed by atoms with Gasteiger partial charge in [-0.3, -0.25) is 0 Å². The molecule has 1 aromatic rings. The van der Waals surface area contributed by atoms with Crippen molar-refractivity contribution in [2.24, 2.45) is 5.73 Å². The number of methoxy groups -OCH3 is 1. The highest BCUT2D eigenvalue weighted by molar-refractivity contribution is 7.89. The molecule has 2 N–H and O–H groups in total. The van der Waals surface area contributed by atoms with Gasteiger partial charge >= 0.3 is 0 Å². The van der Waals surface area contributed by atoms with Crippen molar-refractivity contribution in [3.05, 3.63) is 12.0 Å². The van der Waals surface area contributed by atoms with Crippen LogP contribution in [0.5, 0.6) is 0 Å². The molecule has 0 aliphatic carbocycles. The molecule has 0 spiro atoms. The summed E-state index contributed by atoms with van der Waals surface area (Å²) in [4.78, 5) is 4.09. The highest BCUT2D eigenvalue weighted by atomic mass is 32.2. The Kier molecular flexibility index (Phi) is 5.48. The number of sulfonamides is 1. The molecule has 0 bridgehead atoms. The van der Waals surface area contributed by atoms with Gasteiger partial charge in [-0.1, -0.05) is 0 Å². The fourth-order valence-electron chi connectivity index (χ4n) is 1.78. The molecule has 0 aliphatic rings. The minimum Gasteiger partial charge on any atom is -0.383 e. The van der Waals surface area contributed by atoms with Gasteiger partial charge in [-0.25, -0.2) is 13.4 Å². The van der Waals surface area contributed by atoms with Crippen LogP contribution in [-0.4, -0.2) is 55.6 Å². The van der Waals surface area contributed by atoms with Gasteiger partial charge in [0.25, 0.3) is 10.0 Å². The number of hydrogen-bond acceptors (Lipinski definition) is 5. The van der Waals surface area contributed by atoms with E-state index in [1.165, 1.54) is 18.5 Å². The summed E-state index contributed by atoms with van der Waals surface area (Å²) in [6, 6.07) is -0.362. The number of hydrogen-bond donors (Lipinski definition) is 1. The second-order valence-electron chi connectivity index (χ2n) is 4.41. The molecule has 8 heteroatoms. The summed E-state index contributed by atoms with van der Waals surface area (Å²) in [6.07, 6.45) is 1.54. The van der Waals surface area contributed by atoms with Crippen molar-refractivity contribution in [3.63, 3.8) is 0 Å². The second-order valence-corrected chi connectivity index (χ2v) is 6.41. The van der Waals surface area contributed by atoms with Gasteiger partial charge in [0.1, 0.15) is 5.82 Å². The summed E-state index contributed by atoms with van der Waals surface area (Å²) < 4.78 is 32.5. The Morgan fingerprint density at radius 3 is 2.68 bits per heavy atom. The highest BCUT2D eigenvalue weighted by Crippen LogP contribution is 2.14. The SMILES string of the molecule is CCn1cc(S(=O)(=O)N(C)CC(N)COC)nc1C. The van der Waals surface area contributed by atoms with Gasteiger partial charge in [-0.05, 0) is 13.8 Å². The average molecular weight is 290 g/mol. The van der Waals surface area contributed by atoms with Gasteiger partial charge in [0.15, 0.2) is 5.03 Å². The van der Waals surface area contributed by atoms with E-state index in [-0.39, 0.29) is 17.6 Å². The molecule has 1 rings (SSSR count). The molecule has 1 atom stereocenters. The summed E-state index contributed by atoms with van der Waals surface area (Å²) >= 11 is 0. The zero-order chi connectivity index (χ0) is 14.6. The third-order valence-electron chi connectivity index (χ3n) is 2.84. The van der Waals surface area contributed by atoms with Crippen molar-refractivity contribution in [3.8, 4) is 0 Å². The fourth-order valence-corrected chi connectivity index (χ4v) is 2.99. The summed E-state index contributed by atoms with van der Waals surface area (Å²) in [7, 11) is -0.579. The molecule has 1 heterocycles. The molecule has 0 aromatic carbocycles. The third kappa shape index (κ3) is 3.75. The molecule has 7 nitrogen and oxygen atoms in total. The molecule has 110 valence electrons. The van der Waals surface area contributed by atoms with Crippen LogP contribution in [0, 0.1) is 6.92 Å². The highest BCUT2D eigenvalue weighted by Gasteiger charge is 2.25. The van der Waals surface area contributed by atoms with Gasteiger partial charge < -0.3 is 15.0 Å². The molecule has 19 heavy (non-hydrogen) atoms. The number of ether oxygens (including phenoxy) is 1. The van der Waals surface area contributed by atoms with E-state index in [2.05, 4.69) is 4.98 Å². The Morgan fingerprint density at radius 2 is 2.21 bits per heavy atom. The standard InChI is InChI=1S/C11H22N4O3S/c1-5-15-7-11(13-9(15)2)19(16,17)14(3)6-10(12)8-18-4/h7,10H,5-6,8,12H2,1-4H3. The molecule has 0 fully saturated rings. The van der Waals surface area contributed by atoms with E-state index >= 15 is 0 Å². The molecule has 0 saturated carbocycles. The van der Waals surface area contributed by atoms with Crippen molar-refractivity contribution in [2.45, 2.75) is 31.5 Å². The first-order valence-electron chi connectivity index (χ1n) is 6.07. The average Bonchev–Trinajstić information content (AvgIpc) is 2.71. The maximum atomic E-state index is 12.3. The van der Waals surface area contributed by atoms with Crippen molar-refractivity contribution in [2.75, 3.05) is 27.3 Å². The molecule has 0 amide bonds. The lowest BCUT2D eigenvalue weighted by molar-refractivity contribution is 0.173. The summed E-state index contributed by atoms with van der Waals surface area (Å²) in [5.41, 5.74) is 5.76. The van der Waals surface area contributed by atoms with E-state index in [0.717, 1.165) is 0 Å². The molecule has 0 aliphatic heterocycles. The molecule has 0 saturated heterocycles. The first-order chi connectivity index (χ1) is 8.82. The maximum Gasteiger partial charge on any atom is 0.261 e. The van der Waals surface area contributed by atoms with Gasteiger partial charge in [-0.15, -0.1) is 0 Å². The second kappa shape index (κ2) is 6.47. The van der Waals surface area contributed by atoms with Crippen LogP contribution in [-0.2, 0) is 21.3 Å². The predicted molar refractivity (Wildman–Crippen MR) is 72.3 cm³/mol. The minimum atomic E-state index is -3.60. The quantitative estimate of drug-likeness (QED) is 0.751. The van der Waals surface area contributed by atoms with Crippen LogP contribution < -0.4 is 5.73 Å². The first-order valence-corrected chi connectivity index (χ1v) is 7.51. The van der Waals surface area contributed by atoms with E-state index < -0.39 is 10.0 Å². The van der Waals surface area contributed by atoms with Crippen molar-refractivity contribution in [1.82, 2.24) is 13.9 Å². The number of rotatable bonds is 7. The monoisotopic (exact) mass is 290 g/mol. The van der Waals surface area contributed by atoms with Gasteiger partial charge in [0.05, 0.1) is 6.61 Å². The van der Waals surface area contributed by atoms with Gasteiger partial charge in [-0.2, -0.15) is 4.31 Å². The zero-order valence-electron chi connectivity index (χ0n) is 11.8. The molecular formula is C11H22N4O3S. The maximum absolute atomic E-state index is 12.3. The lowest BCUT2D eigenvalue weighted by Crippen LogP contribution is -2.41. The normalized spacial score (nSPS) is 14.0. The number of likely N-dealkylation sites (N-methyl/N-ethyl adjacent to an activating group) is 1. The van der Waals surface area contributed by atoms with E-state index in [4.69, 9.17) is 10.5 Å². The van der Waals surface area contributed by atoms with Crippen LogP contribution in [0.3, 0.4) is 0 Å². The largest absolute Gasteiger partial charge is 0.383 e. The third-order valence-corrected chi connectivity index (χ3v) is 4.54. The molecule has 1 aromatic heterocycles. The zero-order valence-corrected chi connectivity index (χ0v) is 12.6. The predicted octanol–water partition coefficient (Wildman–Crippen LogP) is -0.194. The molecule has 0 radical (unpaired) electrons. The molecular weight excluding hydrogens is 268 g/mol. The Balaban J connectivity index is 2.90. The van der Waals surface area contributed by atoms with E-state index in [9.17, 15) is 8.42 Å². The number of imidazole rings is 1. The smallest absolute Gasteiger partial charge is 0.261 e.